The number of nitrogens with zero attached hydrogens (tertiary/aromatic N) is 3. The van der Waals surface area contributed by atoms with Crippen molar-refractivity contribution >= 4 is 21.4 Å². The predicted octanol–water partition coefficient (Wildman–Crippen LogP) is 3.26. The minimum atomic E-state index is -3.54. The molecule has 2 unspecified atom stereocenters. The van der Waals surface area contributed by atoms with Crippen molar-refractivity contribution in [2.75, 3.05) is 13.1 Å². The van der Waals surface area contributed by atoms with Crippen LogP contribution in [0.3, 0.4) is 0 Å². The molecule has 2 atom stereocenters. The number of rotatable bonds is 3. The SMILES string of the molecule is N#Cc1cccc(-c2ccc(=O)n3c2C2CC(CN(S(=O)(=O)c4cccs4)C2)C3)c1. The zero-order valence-electron chi connectivity index (χ0n) is 16.1. The number of aromatic nitrogens is 1. The van der Waals surface area contributed by atoms with Gasteiger partial charge in [0.25, 0.3) is 15.6 Å². The van der Waals surface area contributed by atoms with Crippen molar-refractivity contribution < 1.29 is 8.42 Å². The highest BCUT2D eigenvalue weighted by atomic mass is 32.2. The van der Waals surface area contributed by atoms with Gasteiger partial charge in [0, 0.05) is 42.9 Å². The normalized spacial score (nSPS) is 21.0. The van der Waals surface area contributed by atoms with Gasteiger partial charge in [0.1, 0.15) is 4.21 Å². The minimum Gasteiger partial charge on any atom is -0.311 e. The lowest BCUT2D eigenvalue weighted by Gasteiger charge is -2.42. The average Bonchev–Trinajstić information content (AvgIpc) is 3.30. The van der Waals surface area contributed by atoms with Gasteiger partial charge >= 0.3 is 0 Å². The Kier molecular flexibility index (Phi) is 4.62. The summed E-state index contributed by atoms with van der Waals surface area (Å²) in [6.45, 7) is 1.29. The van der Waals surface area contributed by atoms with Crippen LogP contribution in [0.2, 0.25) is 0 Å². The molecule has 0 saturated carbocycles. The smallest absolute Gasteiger partial charge is 0.252 e. The fraction of sp³-hybridized carbons (Fsp3) is 0.273. The van der Waals surface area contributed by atoms with E-state index in [1.807, 2.05) is 22.8 Å². The number of nitriles is 1. The van der Waals surface area contributed by atoms with Crippen molar-refractivity contribution in [2.45, 2.75) is 23.1 Å². The lowest BCUT2D eigenvalue weighted by Crippen LogP contribution is -2.49. The van der Waals surface area contributed by atoms with Crippen LogP contribution < -0.4 is 5.56 Å². The topological polar surface area (TPSA) is 83.2 Å². The van der Waals surface area contributed by atoms with Crippen LogP contribution in [0.5, 0.6) is 0 Å². The van der Waals surface area contributed by atoms with Gasteiger partial charge in [0.15, 0.2) is 0 Å². The molecule has 1 aromatic carbocycles. The number of pyridine rings is 1. The second-order valence-corrected chi connectivity index (χ2v) is 10.9. The number of fused-ring (bicyclic) bond motifs is 4. The summed E-state index contributed by atoms with van der Waals surface area (Å²) in [6.07, 6.45) is 0.852. The van der Waals surface area contributed by atoms with Crippen LogP contribution in [-0.4, -0.2) is 30.4 Å². The fourth-order valence-corrected chi connectivity index (χ4v) is 7.41. The summed E-state index contributed by atoms with van der Waals surface area (Å²) in [5.74, 6) is 0.0336. The molecule has 30 heavy (non-hydrogen) atoms. The molecule has 0 radical (unpaired) electrons. The number of hydrogen-bond donors (Lipinski definition) is 0. The third kappa shape index (κ3) is 3.10. The molecule has 1 fully saturated rings. The van der Waals surface area contributed by atoms with Gasteiger partial charge in [-0.3, -0.25) is 4.79 Å². The highest BCUT2D eigenvalue weighted by Gasteiger charge is 2.40. The quantitative estimate of drug-likeness (QED) is 0.630. The molecular weight excluding hydrogens is 418 g/mol. The van der Waals surface area contributed by atoms with Crippen LogP contribution >= 0.6 is 11.3 Å². The van der Waals surface area contributed by atoms with E-state index in [9.17, 15) is 18.5 Å². The standard InChI is InChI=1S/C22H19N3O3S2/c23-11-15-3-1-4-17(9-15)19-6-7-20(26)25-13-16-10-18(22(19)25)14-24(12-16)30(27,28)21-5-2-8-29-21/h1-9,16,18H,10,12-14H2. The second-order valence-electron chi connectivity index (χ2n) is 7.83. The van der Waals surface area contributed by atoms with Gasteiger partial charge in [0.2, 0.25) is 0 Å². The van der Waals surface area contributed by atoms with E-state index >= 15 is 0 Å². The monoisotopic (exact) mass is 437 g/mol. The largest absolute Gasteiger partial charge is 0.311 e. The molecule has 2 aliphatic heterocycles. The Morgan fingerprint density at radius 2 is 1.93 bits per heavy atom. The first-order valence-electron chi connectivity index (χ1n) is 9.75. The molecule has 4 heterocycles. The van der Waals surface area contributed by atoms with E-state index in [0.717, 1.165) is 23.2 Å². The average molecular weight is 438 g/mol. The summed E-state index contributed by atoms with van der Waals surface area (Å²) < 4.78 is 30.0. The van der Waals surface area contributed by atoms with Gasteiger partial charge in [0.05, 0.1) is 11.6 Å². The zero-order chi connectivity index (χ0) is 20.9. The van der Waals surface area contributed by atoms with Crippen LogP contribution in [0.1, 0.15) is 23.6 Å². The Hall–Kier alpha value is -2.73. The van der Waals surface area contributed by atoms with Crippen LogP contribution in [-0.2, 0) is 16.6 Å². The van der Waals surface area contributed by atoms with E-state index in [4.69, 9.17) is 0 Å². The minimum absolute atomic E-state index is 0.0607. The van der Waals surface area contributed by atoms with E-state index in [1.165, 1.54) is 11.3 Å². The van der Waals surface area contributed by atoms with Crippen LogP contribution in [0.25, 0.3) is 11.1 Å². The zero-order valence-corrected chi connectivity index (χ0v) is 17.7. The van der Waals surface area contributed by atoms with Crippen molar-refractivity contribution in [2.24, 2.45) is 5.92 Å². The maximum Gasteiger partial charge on any atom is 0.252 e. The Bertz CT molecular complexity index is 1320. The molecule has 0 N–H and O–H groups in total. The summed E-state index contributed by atoms with van der Waals surface area (Å²) in [5.41, 5.74) is 3.13. The third-order valence-corrected chi connectivity index (χ3v) is 9.15. The van der Waals surface area contributed by atoms with Gasteiger partial charge in [-0.25, -0.2) is 8.42 Å². The summed E-state index contributed by atoms with van der Waals surface area (Å²) in [5, 5.41) is 11.0. The van der Waals surface area contributed by atoms with Crippen LogP contribution in [0.15, 0.2) is 62.9 Å². The summed E-state index contributed by atoms with van der Waals surface area (Å²) >= 11 is 1.23. The molecule has 0 spiro atoms. The van der Waals surface area contributed by atoms with Crippen molar-refractivity contribution in [3.8, 4) is 17.2 Å². The van der Waals surface area contributed by atoms with Crippen molar-refractivity contribution in [3.63, 3.8) is 0 Å². The molecule has 2 aliphatic rings. The van der Waals surface area contributed by atoms with E-state index in [1.54, 1.807) is 40.0 Å². The highest BCUT2D eigenvalue weighted by molar-refractivity contribution is 7.91. The Morgan fingerprint density at radius 3 is 2.70 bits per heavy atom. The molecule has 5 rings (SSSR count). The van der Waals surface area contributed by atoms with Crippen molar-refractivity contribution in [3.05, 3.63) is 75.5 Å². The number of thiophene rings is 1. The van der Waals surface area contributed by atoms with Crippen LogP contribution in [0, 0.1) is 17.2 Å². The van der Waals surface area contributed by atoms with Crippen molar-refractivity contribution in [1.29, 1.82) is 5.26 Å². The van der Waals surface area contributed by atoms with Crippen LogP contribution in [0.4, 0.5) is 0 Å². The van der Waals surface area contributed by atoms with Gasteiger partial charge in [-0.2, -0.15) is 9.57 Å². The summed E-state index contributed by atoms with van der Waals surface area (Å²) in [4.78, 5) is 12.6. The number of hydrogen-bond acceptors (Lipinski definition) is 5. The molecule has 6 nitrogen and oxygen atoms in total. The lowest BCUT2D eigenvalue weighted by molar-refractivity contribution is 0.187. The second kappa shape index (κ2) is 7.20. The van der Waals surface area contributed by atoms with Gasteiger partial charge in [-0.15, -0.1) is 11.3 Å². The molecule has 1 saturated heterocycles. The maximum absolute atomic E-state index is 13.1. The summed E-state index contributed by atoms with van der Waals surface area (Å²) in [6, 6.07) is 16.2. The molecule has 2 bridgehead atoms. The predicted molar refractivity (Wildman–Crippen MR) is 115 cm³/mol. The Labute approximate surface area is 178 Å². The molecular formula is C22H19N3O3S2. The highest BCUT2D eigenvalue weighted by Crippen LogP contribution is 2.41. The Balaban J connectivity index is 1.61. The third-order valence-electron chi connectivity index (χ3n) is 5.95. The number of benzene rings is 1. The molecule has 152 valence electrons. The molecule has 2 aromatic heterocycles. The lowest BCUT2D eigenvalue weighted by atomic mass is 9.81. The number of piperidine rings is 1. The van der Waals surface area contributed by atoms with Crippen molar-refractivity contribution in [1.82, 2.24) is 8.87 Å². The maximum atomic E-state index is 13.1. The Morgan fingerprint density at radius 1 is 1.07 bits per heavy atom. The summed E-state index contributed by atoms with van der Waals surface area (Å²) in [7, 11) is -3.54. The van der Waals surface area contributed by atoms with E-state index in [2.05, 4.69) is 6.07 Å². The first-order valence-corrected chi connectivity index (χ1v) is 12.1. The van der Waals surface area contributed by atoms with E-state index in [-0.39, 0.29) is 17.4 Å². The van der Waals surface area contributed by atoms with Gasteiger partial charge in [-0.1, -0.05) is 18.2 Å². The van der Waals surface area contributed by atoms with Gasteiger partial charge in [-0.05, 0) is 47.5 Å². The van der Waals surface area contributed by atoms with E-state index < -0.39 is 10.0 Å². The molecule has 0 amide bonds. The van der Waals surface area contributed by atoms with E-state index in [0.29, 0.717) is 29.4 Å². The fourth-order valence-electron chi connectivity index (χ4n) is 4.71. The first-order chi connectivity index (χ1) is 14.5. The first kappa shape index (κ1) is 19.2. The number of sulfonamides is 1. The molecule has 0 aliphatic carbocycles. The molecule has 8 heteroatoms. The molecule has 3 aromatic rings. The van der Waals surface area contributed by atoms with Gasteiger partial charge < -0.3 is 4.57 Å².